The summed E-state index contributed by atoms with van der Waals surface area (Å²) in [5, 5.41) is 23.8. The molecule has 2 aromatic rings. The summed E-state index contributed by atoms with van der Waals surface area (Å²) >= 11 is 0. The number of rotatable bonds is 9. The van der Waals surface area contributed by atoms with Gasteiger partial charge in [-0.05, 0) is 53.8 Å². The maximum atomic E-state index is 13.9. The smallest absolute Gasteiger partial charge is 0.229 e. The molecule has 1 fully saturated rings. The second-order valence-corrected chi connectivity index (χ2v) is 7.93. The van der Waals surface area contributed by atoms with Crippen molar-refractivity contribution >= 4 is 5.91 Å². The maximum Gasteiger partial charge on any atom is 0.229 e. The lowest BCUT2D eigenvalue weighted by Crippen LogP contribution is -2.59. The Morgan fingerprint density at radius 1 is 1.24 bits per heavy atom. The first kappa shape index (κ1) is 24.9. The minimum atomic E-state index is -1.34. The molecule has 0 saturated carbocycles. The van der Waals surface area contributed by atoms with Crippen LogP contribution in [0.1, 0.15) is 18.9 Å². The summed E-state index contributed by atoms with van der Waals surface area (Å²) in [7, 11) is 1.44. The molecule has 0 aliphatic carbocycles. The molecule has 1 aliphatic rings. The lowest BCUT2D eigenvalue weighted by Gasteiger charge is -2.41. The number of methoxy groups -OCH3 is 1. The Bertz CT molecular complexity index is 968. The highest BCUT2D eigenvalue weighted by Gasteiger charge is 2.45. The van der Waals surface area contributed by atoms with E-state index >= 15 is 0 Å². The van der Waals surface area contributed by atoms with Crippen molar-refractivity contribution in [1.82, 2.24) is 5.32 Å². The summed E-state index contributed by atoms with van der Waals surface area (Å²) in [5.74, 6) is -0.131. The predicted octanol–water partition coefficient (Wildman–Crippen LogP) is 2.59. The first-order chi connectivity index (χ1) is 15.8. The summed E-state index contributed by atoms with van der Waals surface area (Å²) in [5.41, 5.74) is 2.25. The van der Waals surface area contributed by atoms with Crippen LogP contribution >= 0.6 is 0 Å². The van der Waals surface area contributed by atoms with E-state index in [1.165, 1.54) is 26.2 Å². The van der Waals surface area contributed by atoms with Gasteiger partial charge in [0, 0.05) is 20.6 Å². The number of carbonyl (C=O) groups excluding carboxylic acids is 1. The number of amides is 1. The molecule has 0 radical (unpaired) electrons. The fourth-order valence-corrected chi connectivity index (χ4v) is 3.93. The normalized spacial score (nSPS) is 24.8. The molecule has 0 unspecified atom stereocenters. The van der Waals surface area contributed by atoms with Crippen molar-refractivity contribution in [2.45, 2.75) is 50.5 Å². The van der Waals surface area contributed by atoms with Gasteiger partial charge in [-0.1, -0.05) is 24.3 Å². The molecular weight excluding hydrogens is 429 g/mol. The van der Waals surface area contributed by atoms with Gasteiger partial charge >= 0.3 is 0 Å². The molecular formula is C25H30FNO6. The first-order valence-corrected chi connectivity index (χ1v) is 10.8. The van der Waals surface area contributed by atoms with E-state index in [4.69, 9.17) is 14.2 Å². The van der Waals surface area contributed by atoms with Gasteiger partial charge in [-0.25, -0.2) is 4.39 Å². The lowest BCUT2D eigenvalue weighted by atomic mass is 9.96. The Morgan fingerprint density at radius 3 is 2.70 bits per heavy atom. The summed E-state index contributed by atoms with van der Waals surface area (Å²) in [6.45, 7) is 5.57. The van der Waals surface area contributed by atoms with Crippen LogP contribution in [0.4, 0.5) is 4.39 Å². The SMILES string of the molecule is C=CC[C@H]1O[C@H](Oc2ccc(CCNC(C)=O)c(-c3cccc(F)c3)c2)[C@H](O)[C@H](O)[C@H]1OC. The van der Waals surface area contributed by atoms with Crippen molar-refractivity contribution in [3.63, 3.8) is 0 Å². The van der Waals surface area contributed by atoms with E-state index in [1.807, 2.05) is 6.07 Å². The Balaban J connectivity index is 1.87. The Kier molecular flexibility index (Phi) is 8.57. The average molecular weight is 460 g/mol. The third-order valence-electron chi connectivity index (χ3n) is 5.55. The summed E-state index contributed by atoms with van der Waals surface area (Å²) in [6.07, 6.45) is -2.38. The monoisotopic (exact) mass is 459 g/mol. The minimum absolute atomic E-state index is 0.132. The molecule has 5 atom stereocenters. The second kappa shape index (κ2) is 11.4. The topological polar surface area (TPSA) is 97.3 Å². The third kappa shape index (κ3) is 6.17. The molecule has 1 amide bonds. The quantitative estimate of drug-likeness (QED) is 0.499. The van der Waals surface area contributed by atoms with Crippen molar-refractivity contribution in [2.75, 3.05) is 13.7 Å². The number of ether oxygens (including phenoxy) is 3. The van der Waals surface area contributed by atoms with Gasteiger partial charge in [0.1, 0.15) is 29.9 Å². The Labute approximate surface area is 192 Å². The predicted molar refractivity (Wildman–Crippen MR) is 121 cm³/mol. The zero-order valence-electron chi connectivity index (χ0n) is 18.7. The molecule has 1 saturated heterocycles. The first-order valence-electron chi connectivity index (χ1n) is 10.8. The van der Waals surface area contributed by atoms with Crippen LogP contribution in [0.5, 0.6) is 5.75 Å². The van der Waals surface area contributed by atoms with E-state index in [-0.39, 0.29) is 11.7 Å². The van der Waals surface area contributed by atoms with Gasteiger partial charge in [-0.3, -0.25) is 4.79 Å². The van der Waals surface area contributed by atoms with E-state index in [2.05, 4.69) is 11.9 Å². The number of hydrogen-bond donors (Lipinski definition) is 3. The molecule has 0 aromatic heterocycles. The molecule has 33 heavy (non-hydrogen) atoms. The molecule has 3 rings (SSSR count). The number of carbonyl (C=O) groups is 1. The van der Waals surface area contributed by atoms with Gasteiger partial charge < -0.3 is 29.7 Å². The van der Waals surface area contributed by atoms with Crippen LogP contribution in [-0.2, 0) is 20.7 Å². The molecule has 178 valence electrons. The zero-order chi connectivity index (χ0) is 24.0. The summed E-state index contributed by atoms with van der Waals surface area (Å²) in [6, 6.07) is 11.4. The summed E-state index contributed by atoms with van der Waals surface area (Å²) in [4.78, 5) is 11.2. The highest BCUT2D eigenvalue weighted by Crippen LogP contribution is 2.32. The number of hydrogen-bond acceptors (Lipinski definition) is 6. The van der Waals surface area contributed by atoms with Gasteiger partial charge in [-0.15, -0.1) is 6.58 Å². The maximum absolute atomic E-state index is 13.9. The molecule has 0 spiro atoms. The van der Waals surface area contributed by atoms with Crippen LogP contribution in [0.25, 0.3) is 11.1 Å². The lowest BCUT2D eigenvalue weighted by molar-refractivity contribution is -0.275. The average Bonchev–Trinajstić information content (AvgIpc) is 2.78. The number of aliphatic hydroxyl groups excluding tert-OH is 2. The van der Waals surface area contributed by atoms with E-state index in [9.17, 15) is 19.4 Å². The van der Waals surface area contributed by atoms with E-state index < -0.39 is 30.7 Å². The number of aliphatic hydroxyl groups is 2. The molecule has 1 aliphatic heterocycles. The third-order valence-corrected chi connectivity index (χ3v) is 5.55. The standard InChI is InChI=1S/C25H30FNO6/c1-4-6-21-24(31-3)22(29)23(30)25(33-21)32-19-10-9-16(11-12-27-15(2)28)20(14-19)17-7-5-8-18(26)13-17/h4-5,7-10,13-14,21-25,29-30H,1,6,11-12H2,2-3H3,(H,27,28)/t21-,22+,23-,24+,25+/m1/s1. The van der Waals surface area contributed by atoms with Gasteiger partial charge in [0.2, 0.25) is 12.2 Å². The Hall–Kier alpha value is -2.78. The van der Waals surface area contributed by atoms with Crippen molar-refractivity contribution in [3.8, 4) is 16.9 Å². The van der Waals surface area contributed by atoms with Crippen LogP contribution in [0.2, 0.25) is 0 Å². The van der Waals surface area contributed by atoms with Crippen LogP contribution < -0.4 is 10.1 Å². The van der Waals surface area contributed by atoms with Gasteiger partial charge in [0.25, 0.3) is 0 Å². The molecule has 2 aromatic carbocycles. The molecule has 0 bridgehead atoms. The van der Waals surface area contributed by atoms with Gasteiger partial charge in [-0.2, -0.15) is 0 Å². The zero-order valence-corrected chi connectivity index (χ0v) is 18.7. The van der Waals surface area contributed by atoms with Gasteiger partial charge in [0.05, 0.1) is 6.10 Å². The fraction of sp³-hybridized carbons (Fsp3) is 0.400. The van der Waals surface area contributed by atoms with E-state index in [0.29, 0.717) is 30.7 Å². The van der Waals surface area contributed by atoms with E-state index in [0.717, 1.165) is 11.1 Å². The number of halogens is 1. The molecule has 1 heterocycles. The molecule has 3 N–H and O–H groups in total. The van der Waals surface area contributed by atoms with Crippen LogP contribution in [0, 0.1) is 5.82 Å². The molecule has 8 heteroatoms. The van der Waals surface area contributed by atoms with Crippen molar-refractivity contribution in [1.29, 1.82) is 0 Å². The Morgan fingerprint density at radius 2 is 2.03 bits per heavy atom. The molecule has 7 nitrogen and oxygen atoms in total. The van der Waals surface area contributed by atoms with Crippen molar-refractivity contribution in [3.05, 3.63) is 66.5 Å². The fourth-order valence-electron chi connectivity index (χ4n) is 3.93. The van der Waals surface area contributed by atoms with Gasteiger partial charge in [0.15, 0.2) is 0 Å². The van der Waals surface area contributed by atoms with Crippen LogP contribution in [0.15, 0.2) is 55.1 Å². The minimum Gasteiger partial charge on any atom is -0.462 e. The number of benzene rings is 2. The van der Waals surface area contributed by atoms with Crippen LogP contribution in [0.3, 0.4) is 0 Å². The van der Waals surface area contributed by atoms with Crippen molar-refractivity contribution < 1.29 is 33.6 Å². The van der Waals surface area contributed by atoms with Crippen LogP contribution in [-0.4, -0.2) is 60.5 Å². The van der Waals surface area contributed by atoms with E-state index in [1.54, 1.807) is 30.3 Å². The van der Waals surface area contributed by atoms with Crippen molar-refractivity contribution in [2.24, 2.45) is 0 Å². The summed E-state index contributed by atoms with van der Waals surface area (Å²) < 4.78 is 31.0. The second-order valence-electron chi connectivity index (χ2n) is 7.93. The largest absolute Gasteiger partial charge is 0.462 e. The highest BCUT2D eigenvalue weighted by atomic mass is 19.1. The highest BCUT2D eigenvalue weighted by molar-refractivity contribution is 5.73. The number of nitrogens with one attached hydrogen (secondary N) is 1.